The lowest BCUT2D eigenvalue weighted by Gasteiger charge is -2.15. The van der Waals surface area contributed by atoms with E-state index in [2.05, 4.69) is 11.4 Å². The maximum atomic E-state index is 13.3. The first-order valence-corrected chi connectivity index (χ1v) is 10.1. The predicted octanol–water partition coefficient (Wildman–Crippen LogP) is 5.35. The van der Waals surface area contributed by atoms with E-state index in [1.165, 1.54) is 4.90 Å². The minimum Gasteiger partial charge on any atom is -0.350 e. The normalized spacial score (nSPS) is 13.9. The van der Waals surface area contributed by atoms with Gasteiger partial charge in [-0.15, -0.1) is 0 Å². The van der Waals surface area contributed by atoms with Crippen molar-refractivity contribution in [2.45, 2.75) is 20.4 Å². The molecule has 0 fully saturated rings. The van der Waals surface area contributed by atoms with Gasteiger partial charge in [-0.05, 0) is 60.4 Å². The number of carbonyl (C=O) groups is 2. The largest absolute Gasteiger partial charge is 0.350 e. The van der Waals surface area contributed by atoms with Gasteiger partial charge in [-0.1, -0.05) is 60.1 Å². The molecule has 1 N–H and O–H groups in total. The zero-order valence-electron chi connectivity index (χ0n) is 16.8. The van der Waals surface area contributed by atoms with Crippen LogP contribution in [0.2, 0.25) is 5.02 Å². The average Bonchev–Trinajstić information content (AvgIpc) is 2.93. The van der Waals surface area contributed by atoms with Crippen LogP contribution in [0.1, 0.15) is 22.3 Å². The third-order valence-corrected chi connectivity index (χ3v) is 5.23. The van der Waals surface area contributed by atoms with Crippen molar-refractivity contribution in [2.24, 2.45) is 0 Å². The van der Waals surface area contributed by atoms with Gasteiger partial charge in [0, 0.05) is 10.7 Å². The van der Waals surface area contributed by atoms with Gasteiger partial charge in [-0.3, -0.25) is 14.5 Å². The van der Waals surface area contributed by atoms with E-state index in [4.69, 9.17) is 11.6 Å². The average molecular weight is 417 g/mol. The molecule has 1 aliphatic heterocycles. The molecule has 30 heavy (non-hydrogen) atoms. The molecule has 1 heterocycles. The molecule has 4 rings (SSSR count). The lowest BCUT2D eigenvalue weighted by Crippen LogP contribution is -2.32. The second-order valence-electron chi connectivity index (χ2n) is 7.44. The summed E-state index contributed by atoms with van der Waals surface area (Å²) in [6, 6.07) is 22.4. The standard InChI is InChI=1S/C25H21ClN2O2/c1-16-12-17(2)14-21(13-16)27-23-22(19-8-10-20(26)11-9-19)24(29)28(25(23)30)15-18-6-4-3-5-7-18/h3-14,27H,15H2,1-2H3. The monoisotopic (exact) mass is 416 g/mol. The Bertz CT molecular complexity index is 1130. The maximum Gasteiger partial charge on any atom is 0.278 e. The number of carbonyl (C=O) groups excluding carboxylic acids is 2. The Labute approximate surface area is 180 Å². The molecule has 0 saturated carbocycles. The number of nitrogens with zero attached hydrogens (tertiary/aromatic N) is 1. The van der Waals surface area contributed by atoms with Crippen molar-refractivity contribution in [2.75, 3.05) is 5.32 Å². The highest BCUT2D eigenvalue weighted by Gasteiger charge is 2.39. The van der Waals surface area contributed by atoms with Crippen LogP contribution in [0, 0.1) is 13.8 Å². The van der Waals surface area contributed by atoms with E-state index in [1.807, 2.05) is 56.3 Å². The van der Waals surface area contributed by atoms with Gasteiger partial charge in [-0.25, -0.2) is 0 Å². The molecule has 2 amide bonds. The summed E-state index contributed by atoms with van der Waals surface area (Å²) < 4.78 is 0. The van der Waals surface area contributed by atoms with Crippen molar-refractivity contribution in [1.29, 1.82) is 0 Å². The SMILES string of the molecule is Cc1cc(C)cc(NC2=C(c3ccc(Cl)cc3)C(=O)N(Cc3ccccc3)C2=O)c1. The summed E-state index contributed by atoms with van der Waals surface area (Å²) in [5.74, 6) is -0.661. The van der Waals surface area contributed by atoms with Crippen molar-refractivity contribution in [3.8, 4) is 0 Å². The van der Waals surface area contributed by atoms with Crippen LogP contribution in [0.3, 0.4) is 0 Å². The van der Waals surface area contributed by atoms with E-state index in [0.717, 1.165) is 22.4 Å². The second-order valence-corrected chi connectivity index (χ2v) is 7.88. The Kier molecular flexibility index (Phi) is 5.42. The van der Waals surface area contributed by atoms with Crippen LogP contribution in [-0.4, -0.2) is 16.7 Å². The van der Waals surface area contributed by atoms with Gasteiger partial charge in [0.15, 0.2) is 0 Å². The molecule has 0 saturated heterocycles. The number of imide groups is 1. The molecule has 3 aromatic carbocycles. The zero-order valence-corrected chi connectivity index (χ0v) is 17.5. The molecule has 1 aliphatic rings. The summed E-state index contributed by atoms with van der Waals surface area (Å²) >= 11 is 6.03. The van der Waals surface area contributed by atoms with Crippen LogP contribution >= 0.6 is 11.6 Å². The highest BCUT2D eigenvalue weighted by Crippen LogP contribution is 2.32. The summed E-state index contributed by atoms with van der Waals surface area (Å²) in [6.45, 7) is 4.21. The number of benzene rings is 3. The number of amides is 2. The molecule has 0 atom stereocenters. The molecular weight excluding hydrogens is 396 g/mol. The van der Waals surface area contributed by atoms with E-state index >= 15 is 0 Å². The Morgan fingerprint density at radius 1 is 0.833 bits per heavy atom. The van der Waals surface area contributed by atoms with Gasteiger partial charge >= 0.3 is 0 Å². The minimum atomic E-state index is -0.340. The summed E-state index contributed by atoms with van der Waals surface area (Å²) in [4.78, 5) is 27.9. The van der Waals surface area contributed by atoms with Crippen LogP contribution in [0.25, 0.3) is 5.57 Å². The van der Waals surface area contributed by atoms with Crippen molar-refractivity contribution in [3.05, 3.63) is 106 Å². The van der Waals surface area contributed by atoms with Crippen molar-refractivity contribution < 1.29 is 9.59 Å². The van der Waals surface area contributed by atoms with E-state index in [9.17, 15) is 9.59 Å². The van der Waals surface area contributed by atoms with Gasteiger partial charge in [0.1, 0.15) is 5.70 Å². The Balaban J connectivity index is 1.76. The van der Waals surface area contributed by atoms with Gasteiger partial charge in [0.25, 0.3) is 11.8 Å². The molecule has 0 radical (unpaired) electrons. The van der Waals surface area contributed by atoms with Crippen LogP contribution in [0.15, 0.2) is 78.5 Å². The topological polar surface area (TPSA) is 49.4 Å². The molecule has 0 bridgehead atoms. The lowest BCUT2D eigenvalue weighted by molar-refractivity contribution is -0.137. The predicted molar refractivity (Wildman–Crippen MR) is 120 cm³/mol. The molecule has 3 aromatic rings. The highest BCUT2D eigenvalue weighted by molar-refractivity contribution is 6.36. The van der Waals surface area contributed by atoms with Gasteiger partial charge in [-0.2, -0.15) is 0 Å². The highest BCUT2D eigenvalue weighted by atomic mass is 35.5. The Morgan fingerprint density at radius 2 is 1.47 bits per heavy atom. The number of aryl methyl sites for hydroxylation is 2. The van der Waals surface area contributed by atoms with Gasteiger partial charge in [0.2, 0.25) is 0 Å². The van der Waals surface area contributed by atoms with Crippen LogP contribution in [0.5, 0.6) is 0 Å². The fraction of sp³-hybridized carbons (Fsp3) is 0.120. The zero-order chi connectivity index (χ0) is 21.3. The number of hydrogen-bond acceptors (Lipinski definition) is 3. The van der Waals surface area contributed by atoms with Crippen LogP contribution < -0.4 is 5.32 Å². The minimum absolute atomic E-state index is 0.216. The van der Waals surface area contributed by atoms with E-state index in [0.29, 0.717) is 16.2 Å². The van der Waals surface area contributed by atoms with Crippen molar-refractivity contribution >= 4 is 34.7 Å². The molecule has 4 nitrogen and oxygen atoms in total. The molecular formula is C25H21ClN2O2. The fourth-order valence-corrected chi connectivity index (χ4v) is 3.80. The number of nitrogens with one attached hydrogen (secondary N) is 1. The second kappa shape index (κ2) is 8.17. The Morgan fingerprint density at radius 3 is 2.10 bits per heavy atom. The van der Waals surface area contributed by atoms with Crippen LogP contribution in [0.4, 0.5) is 5.69 Å². The summed E-state index contributed by atoms with van der Waals surface area (Å²) in [7, 11) is 0. The summed E-state index contributed by atoms with van der Waals surface area (Å²) in [5, 5.41) is 3.79. The first kappa shape index (κ1) is 19.9. The summed E-state index contributed by atoms with van der Waals surface area (Å²) in [5.41, 5.74) is 5.10. The summed E-state index contributed by atoms with van der Waals surface area (Å²) in [6.07, 6.45) is 0. The van der Waals surface area contributed by atoms with E-state index in [-0.39, 0.29) is 24.1 Å². The number of rotatable bonds is 5. The van der Waals surface area contributed by atoms with Gasteiger partial charge in [0.05, 0.1) is 12.1 Å². The third-order valence-electron chi connectivity index (χ3n) is 4.98. The van der Waals surface area contributed by atoms with Crippen molar-refractivity contribution in [3.63, 3.8) is 0 Å². The molecule has 0 aliphatic carbocycles. The fourth-order valence-electron chi connectivity index (χ4n) is 3.68. The number of hydrogen-bond donors (Lipinski definition) is 1. The van der Waals surface area contributed by atoms with Gasteiger partial charge < -0.3 is 5.32 Å². The first-order valence-electron chi connectivity index (χ1n) is 9.68. The van der Waals surface area contributed by atoms with Crippen molar-refractivity contribution in [1.82, 2.24) is 4.90 Å². The lowest BCUT2D eigenvalue weighted by atomic mass is 10.0. The Hall–Kier alpha value is -3.37. The van der Waals surface area contributed by atoms with E-state index in [1.54, 1.807) is 24.3 Å². The third kappa shape index (κ3) is 4.00. The smallest absolute Gasteiger partial charge is 0.278 e. The molecule has 0 unspecified atom stereocenters. The number of halogens is 1. The molecule has 5 heteroatoms. The molecule has 0 aromatic heterocycles. The van der Waals surface area contributed by atoms with E-state index < -0.39 is 0 Å². The van der Waals surface area contributed by atoms with Crippen LogP contribution in [-0.2, 0) is 16.1 Å². The number of anilines is 1. The quantitative estimate of drug-likeness (QED) is 0.570. The molecule has 150 valence electrons. The maximum absolute atomic E-state index is 13.3. The molecule has 0 spiro atoms. The first-order chi connectivity index (χ1) is 14.4.